The van der Waals surface area contributed by atoms with Gasteiger partial charge in [0.2, 0.25) is 5.91 Å². The van der Waals surface area contributed by atoms with Gasteiger partial charge in [0, 0.05) is 18.2 Å². The normalized spacial score (nSPS) is 21.9. The lowest BCUT2D eigenvalue weighted by Gasteiger charge is -2.27. The van der Waals surface area contributed by atoms with Crippen LogP contribution < -0.4 is 15.8 Å². The topological polar surface area (TPSA) is 64.3 Å². The van der Waals surface area contributed by atoms with Crippen LogP contribution in [0, 0.1) is 5.92 Å². The van der Waals surface area contributed by atoms with E-state index in [1.54, 1.807) is 0 Å². The summed E-state index contributed by atoms with van der Waals surface area (Å²) in [4.78, 5) is 12.4. The molecule has 5 heteroatoms. The zero-order valence-electron chi connectivity index (χ0n) is 11.4. The molecule has 4 nitrogen and oxygen atoms in total. The summed E-state index contributed by atoms with van der Waals surface area (Å²) in [5.74, 6) is 1.42. The Balaban J connectivity index is 0.00000147. The molecule has 110 valence electrons. The Labute approximate surface area is 125 Å². The van der Waals surface area contributed by atoms with Crippen molar-refractivity contribution in [2.45, 2.75) is 31.2 Å². The van der Waals surface area contributed by atoms with Gasteiger partial charge in [-0.1, -0.05) is 18.2 Å². The summed E-state index contributed by atoms with van der Waals surface area (Å²) in [6.45, 7) is 1.13. The van der Waals surface area contributed by atoms with E-state index in [4.69, 9.17) is 10.5 Å². The first-order valence-electron chi connectivity index (χ1n) is 7.01. The van der Waals surface area contributed by atoms with Crippen LogP contribution in [0.5, 0.6) is 5.75 Å². The van der Waals surface area contributed by atoms with Gasteiger partial charge in [0.05, 0.1) is 12.5 Å². The van der Waals surface area contributed by atoms with Gasteiger partial charge in [-0.15, -0.1) is 12.4 Å². The summed E-state index contributed by atoms with van der Waals surface area (Å²) in [7, 11) is 0. The van der Waals surface area contributed by atoms with Gasteiger partial charge >= 0.3 is 0 Å². The molecule has 3 N–H and O–H groups in total. The Kier molecular flexibility index (Phi) is 4.89. The summed E-state index contributed by atoms with van der Waals surface area (Å²) in [5.41, 5.74) is 6.74. The van der Waals surface area contributed by atoms with Crippen molar-refractivity contribution in [2.24, 2.45) is 11.7 Å². The predicted octanol–water partition coefficient (Wildman–Crippen LogP) is 1.83. The van der Waals surface area contributed by atoms with Gasteiger partial charge in [0.1, 0.15) is 5.75 Å². The second-order valence-corrected chi connectivity index (χ2v) is 5.42. The highest BCUT2D eigenvalue weighted by atomic mass is 35.5. The number of para-hydroxylation sites is 1. The molecule has 0 saturated heterocycles. The molecule has 1 aromatic rings. The molecule has 2 aliphatic rings. The SMILES string of the molecule is Cl.NCC(NC(=O)C1CCOc2ccccc21)C1CC1. The van der Waals surface area contributed by atoms with E-state index >= 15 is 0 Å². The van der Waals surface area contributed by atoms with Gasteiger partial charge < -0.3 is 15.8 Å². The highest BCUT2D eigenvalue weighted by Crippen LogP contribution is 2.35. The zero-order chi connectivity index (χ0) is 13.2. The van der Waals surface area contributed by atoms with Gasteiger partial charge in [0.25, 0.3) is 0 Å². The summed E-state index contributed by atoms with van der Waals surface area (Å²) >= 11 is 0. The van der Waals surface area contributed by atoms with Crippen LogP contribution >= 0.6 is 12.4 Å². The van der Waals surface area contributed by atoms with Crippen LogP contribution in [0.2, 0.25) is 0 Å². The average Bonchev–Trinajstić information content (AvgIpc) is 3.28. The first-order valence-corrected chi connectivity index (χ1v) is 7.01. The van der Waals surface area contributed by atoms with Crippen molar-refractivity contribution in [3.05, 3.63) is 29.8 Å². The number of rotatable bonds is 4. The van der Waals surface area contributed by atoms with Crippen LogP contribution in [-0.2, 0) is 4.79 Å². The largest absolute Gasteiger partial charge is 0.493 e. The molecule has 2 atom stereocenters. The van der Waals surface area contributed by atoms with Crippen molar-refractivity contribution < 1.29 is 9.53 Å². The molecule has 1 heterocycles. The summed E-state index contributed by atoms with van der Waals surface area (Å²) in [5, 5.41) is 3.12. The van der Waals surface area contributed by atoms with E-state index in [1.807, 2.05) is 24.3 Å². The van der Waals surface area contributed by atoms with Crippen molar-refractivity contribution >= 4 is 18.3 Å². The maximum Gasteiger partial charge on any atom is 0.228 e. The number of benzene rings is 1. The quantitative estimate of drug-likeness (QED) is 0.891. The molecule has 1 aliphatic carbocycles. The summed E-state index contributed by atoms with van der Waals surface area (Å²) < 4.78 is 5.59. The van der Waals surface area contributed by atoms with E-state index in [1.165, 1.54) is 12.8 Å². The first kappa shape index (κ1) is 15.1. The number of nitrogens with two attached hydrogens (primary N) is 1. The van der Waals surface area contributed by atoms with Crippen molar-refractivity contribution in [3.63, 3.8) is 0 Å². The van der Waals surface area contributed by atoms with Crippen molar-refractivity contribution in [1.29, 1.82) is 0 Å². The Bertz CT molecular complexity index is 477. The van der Waals surface area contributed by atoms with Crippen molar-refractivity contribution in [2.75, 3.05) is 13.2 Å². The van der Waals surface area contributed by atoms with Crippen LogP contribution in [-0.4, -0.2) is 25.1 Å². The van der Waals surface area contributed by atoms with Crippen LogP contribution in [0.15, 0.2) is 24.3 Å². The molecule has 2 unspecified atom stereocenters. The molecule has 20 heavy (non-hydrogen) atoms. The lowest BCUT2D eigenvalue weighted by Crippen LogP contribution is -2.44. The molecule has 0 spiro atoms. The molecule has 1 aliphatic heterocycles. The smallest absolute Gasteiger partial charge is 0.228 e. The van der Waals surface area contributed by atoms with Crippen molar-refractivity contribution in [3.8, 4) is 5.75 Å². The molecule has 0 bridgehead atoms. The van der Waals surface area contributed by atoms with E-state index in [2.05, 4.69) is 5.32 Å². The molecule has 0 radical (unpaired) electrons. The summed E-state index contributed by atoms with van der Waals surface area (Å²) in [6, 6.07) is 7.94. The second-order valence-electron chi connectivity index (χ2n) is 5.42. The number of halogens is 1. The minimum Gasteiger partial charge on any atom is -0.493 e. The van der Waals surface area contributed by atoms with E-state index in [-0.39, 0.29) is 30.3 Å². The fourth-order valence-electron chi connectivity index (χ4n) is 2.77. The van der Waals surface area contributed by atoms with Gasteiger partial charge in [-0.2, -0.15) is 0 Å². The van der Waals surface area contributed by atoms with E-state index in [9.17, 15) is 4.79 Å². The van der Waals surface area contributed by atoms with Gasteiger partial charge in [-0.25, -0.2) is 0 Å². The lowest BCUT2D eigenvalue weighted by molar-refractivity contribution is -0.124. The van der Waals surface area contributed by atoms with Gasteiger partial charge in [0.15, 0.2) is 0 Å². The molecule has 1 amide bonds. The lowest BCUT2D eigenvalue weighted by atomic mass is 9.92. The van der Waals surface area contributed by atoms with Crippen LogP contribution in [0.1, 0.15) is 30.7 Å². The molecule has 3 rings (SSSR count). The molecule has 1 fully saturated rings. The third-order valence-electron chi connectivity index (χ3n) is 4.05. The maximum absolute atomic E-state index is 12.4. The van der Waals surface area contributed by atoms with E-state index in [0.717, 1.165) is 17.7 Å². The second kappa shape index (κ2) is 6.46. The summed E-state index contributed by atoms with van der Waals surface area (Å²) in [6.07, 6.45) is 3.11. The number of carbonyl (C=O) groups is 1. The molecule has 1 saturated carbocycles. The Morgan fingerprint density at radius 1 is 1.35 bits per heavy atom. The molecular formula is C15H21ClN2O2. The fourth-order valence-corrected chi connectivity index (χ4v) is 2.77. The standard InChI is InChI=1S/C15H20N2O2.ClH/c16-9-13(10-5-6-10)17-15(18)12-7-8-19-14-4-2-1-3-11(12)14;/h1-4,10,12-13H,5-9,16H2,(H,17,18);1H. The minimum absolute atomic E-state index is 0. The molecule has 1 aromatic carbocycles. The fraction of sp³-hybridized carbons (Fsp3) is 0.533. The van der Waals surface area contributed by atoms with Gasteiger partial charge in [-0.05, 0) is 31.2 Å². The first-order chi connectivity index (χ1) is 9.29. The van der Waals surface area contributed by atoms with Crippen LogP contribution in [0.4, 0.5) is 0 Å². The number of ether oxygens (including phenoxy) is 1. The van der Waals surface area contributed by atoms with Crippen molar-refractivity contribution in [1.82, 2.24) is 5.32 Å². The number of hydrogen-bond donors (Lipinski definition) is 2. The Morgan fingerprint density at radius 2 is 2.10 bits per heavy atom. The third kappa shape index (κ3) is 3.07. The van der Waals surface area contributed by atoms with E-state index in [0.29, 0.717) is 19.1 Å². The Hall–Kier alpha value is -1.26. The average molecular weight is 297 g/mol. The monoisotopic (exact) mass is 296 g/mol. The number of nitrogens with one attached hydrogen (secondary N) is 1. The van der Waals surface area contributed by atoms with Gasteiger partial charge in [-0.3, -0.25) is 4.79 Å². The number of carbonyl (C=O) groups excluding carboxylic acids is 1. The maximum atomic E-state index is 12.4. The number of hydrogen-bond acceptors (Lipinski definition) is 3. The van der Waals surface area contributed by atoms with Crippen LogP contribution in [0.25, 0.3) is 0 Å². The minimum atomic E-state index is -0.0993. The third-order valence-corrected chi connectivity index (χ3v) is 4.05. The molecular weight excluding hydrogens is 276 g/mol. The number of fused-ring (bicyclic) bond motifs is 1. The highest BCUT2D eigenvalue weighted by molar-refractivity contribution is 5.85. The number of amides is 1. The predicted molar refractivity (Wildman–Crippen MR) is 80.3 cm³/mol. The van der Waals surface area contributed by atoms with E-state index < -0.39 is 0 Å². The Morgan fingerprint density at radius 3 is 2.80 bits per heavy atom. The highest BCUT2D eigenvalue weighted by Gasteiger charge is 2.34. The van der Waals surface area contributed by atoms with Crippen LogP contribution in [0.3, 0.4) is 0 Å². The zero-order valence-corrected chi connectivity index (χ0v) is 12.2. The molecule has 0 aromatic heterocycles.